The van der Waals surface area contributed by atoms with E-state index in [-0.39, 0.29) is 23.4 Å². The van der Waals surface area contributed by atoms with Crippen molar-refractivity contribution >= 4 is 11.6 Å². The van der Waals surface area contributed by atoms with E-state index in [1.165, 1.54) is 7.11 Å². The van der Waals surface area contributed by atoms with Crippen LogP contribution in [0.25, 0.3) is 0 Å². The van der Waals surface area contributed by atoms with Gasteiger partial charge in [0.05, 0.1) is 31.2 Å². The van der Waals surface area contributed by atoms with Crippen LogP contribution in [0.3, 0.4) is 0 Å². The third kappa shape index (κ3) is 2.77. The smallest absolute Gasteiger partial charge is 0.286 e. The van der Waals surface area contributed by atoms with Gasteiger partial charge in [0.2, 0.25) is 5.82 Å². The molecule has 24 heavy (non-hydrogen) atoms. The molecule has 1 atom stereocenters. The average molecular weight is 330 g/mol. The second-order valence-corrected chi connectivity index (χ2v) is 5.68. The van der Waals surface area contributed by atoms with Crippen LogP contribution >= 0.6 is 0 Å². The molecular weight excluding hydrogens is 311 g/mol. The minimum atomic E-state index is -0.660. The van der Waals surface area contributed by atoms with E-state index in [0.29, 0.717) is 0 Å². The number of ether oxygens (including phenoxy) is 1. The molecule has 0 bridgehead atoms. The van der Waals surface area contributed by atoms with Crippen LogP contribution in [0.15, 0.2) is 24.5 Å². The highest BCUT2D eigenvalue weighted by Crippen LogP contribution is 2.37. The lowest BCUT2D eigenvalue weighted by Crippen LogP contribution is -2.35. The molecule has 3 rings (SSSR count). The first-order valence-electron chi connectivity index (χ1n) is 7.80. The summed E-state index contributed by atoms with van der Waals surface area (Å²) in [6.45, 7) is 2.80. The van der Waals surface area contributed by atoms with Gasteiger partial charge in [-0.25, -0.2) is 14.4 Å². The lowest BCUT2D eigenvalue weighted by Gasteiger charge is -2.38. The molecule has 7 heteroatoms. The summed E-state index contributed by atoms with van der Waals surface area (Å²) in [5, 5.41) is 0. The van der Waals surface area contributed by atoms with Gasteiger partial charge in [-0.2, -0.15) is 0 Å². The third-order valence-corrected chi connectivity index (χ3v) is 4.35. The first kappa shape index (κ1) is 16.2. The largest absolute Gasteiger partial charge is 0.494 e. The number of benzene rings is 1. The summed E-state index contributed by atoms with van der Waals surface area (Å²) in [7, 11) is 1.47. The number of hydrogen-bond acceptors (Lipinski definition) is 5. The van der Waals surface area contributed by atoms with Crippen molar-refractivity contribution in [3.63, 3.8) is 0 Å². The Bertz CT molecular complexity index is 764. The predicted molar refractivity (Wildman–Crippen MR) is 87.6 cm³/mol. The van der Waals surface area contributed by atoms with E-state index in [9.17, 15) is 9.18 Å². The first-order valence-corrected chi connectivity index (χ1v) is 7.80. The number of rotatable bonds is 4. The molecule has 1 aliphatic heterocycles. The number of primary amides is 1. The van der Waals surface area contributed by atoms with E-state index >= 15 is 0 Å². The predicted octanol–water partition coefficient (Wildman–Crippen LogP) is 2.24. The SMILES string of the molecule is CCC1c2cc(F)c(OC)cc2CCN1c1cnc(C(N)=O)nc1. The fourth-order valence-electron chi connectivity index (χ4n) is 3.20. The highest BCUT2D eigenvalue weighted by atomic mass is 19.1. The van der Waals surface area contributed by atoms with Crippen molar-refractivity contribution in [1.82, 2.24) is 9.97 Å². The molecule has 1 aliphatic rings. The zero-order valence-electron chi connectivity index (χ0n) is 13.6. The number of methoxy groups -OCH3 is 1. The Morgan fingerprint density at radius 3 is 2.71 bits per heavy atom. The highest BCUT2D eigenvalue weighted by Gasteiger charge is 2.28. The van der Waals surface area contributed by atoms with Crippen LogP contribution in [0.1, 0.15) is 41.1 Å². The molecule has 6 nitrogen and oxygen atoms in total. The molecule has 1 amide bonds. The molecule has 0 aliphatic carbocycles. The van der Waals surface area contributed by atoms with Crippen LogP contribution in [0.4, 0.5) is 10.1 Å². The molecule has 126 valence electrons. The van der Waals surface area contributed by atoms with Gasteiger partial charge in [0.15, 0.2) is 11.6 Å². The molecule has 2 N–H and O–H groups in total. The van der Waals surface area contributed by atoms with Crippen LogP contribution in [-0.2, 0) is 6.42 Å². The van der Waals surface area contributed by atoms with E-state index in [2.05, 4.69) is 14.9 Å². The Balaban J connectivity index is 1.97. The van der Waals surface area contributed by atoms with Crippen LogP contribution in [0.2, 0.25) is 0 Å². The summed E-state index contributed by atoms with van der Waals surface area (Å²) >= 11 is 0. The molecule has 0 radical (unpaired) electrons. The molecule has 0 saturated carbocycles. The summed E-state index contributed by atoms with van der Waals surface area (Å²) in [4.78, 5) is 21.2. The van der Waals surface area contributed by atoms with Crippen molar-refractivity contribution in [2.75, 3.05) is 18.6 Å². The number of carbonyl (C=O) groups is 1. The Morgan fingerprint density at radius 1 is 1.42 bits per heavy atom. The van der Waals surface area contributed by atoms with E-state index in [0.717, 1.165) is 36.2 Å². The maximum atomic E-state index is 14.1. The summed E-state index contributed by atoms with van der Waals surface area (Å²) in [6.07, 6.45) is 4.73. The summed E-state index contributed by atoms with van der Waals surface area (Å²) in [6, 6.07) is 3.34. The minimum Gasteiger partial charge on any atom is -0.494 e. The maximum absolute atomic E-state index is 14.1. The lowest BCUT2D eigenvalue weighted by molar-refractivity contribution is 0.0990. The molecule has 2 heterocycles. The topological polar surface area (TPSA) is 81.3 Å². The number of halogens is 1. The molecule has 1 unspecified atom stereocenters. The fraction of sp³-hybridized carbons (Fsp3) is 0.353. The Kier molecular flexibility index (Phi) is 4.33. The lowest BCUT2D eigenvalue weighted by atomic mass is 9.90. The Morgan fingerprint density at radius 2 is 2.12 bits per heavy atom. The van der Waals surface area contributed by atoms with Crippen LogP contribution in [-0.4, -0.2) is 29.5 Å². The van der Waals surface area contributed by atoms with Crippen LogP contribution in [0.5, 0.6) is 5.75 Å². The zero-order chi connectivity index (χ0) is 17.3. The maximum Gasteiger partial charge on any atom is 0.286 e. The van der Waals surface area contributed by atoms with Crippen molar-refractivity contribution in [2.45, 2.75) is 25.8 Å². The standard InChI is InChI=1S/C17H19FN4O2/c1-3-14-12-7-13(18)15(24-2)6-10(12)4-5-22(14)11-8-20-17(16(19)23)21-9-11/h6-9,14H,3-5H2,1-2H3,(H2,19,23). The molecule has 0 spiro atoms. The fourth-order valence-corrected chi connectivity index (χ4v) is 3.20. The van der Waals surface area contributed by atoms with Gasteiger partial charge in [0, 0.05) is 6.54 Å². The van der Waals surface area contributed by atoms with Crippen molar-refractivity contribution in [3.05, 3.63) is 47.3 Å². The number of aromatic nitrogens is 2. The number of carbonyl (C=O) groups excluding carboxylic acids is 1. The summed E-state index contributed by atoms with van der Waals surface area (Å²) in [5.74, 6) is -0.769. The first-order chi connectivity index (χ1) is 11.5. The third-order valence-electron chi connectivity index (χ3n) is 4.35. The van der Waals surface area contributed by atoms with Gasteiger partial charge in [-0.05, 0) is 36.1 Å². The van der Waals surface area contributed by atoms with Gasteiger partial charge in [0.1, 0.15) is 0 Å². The normalized spacial score (nSPS) is 16.6. The van der Waals surface area contributed by atoms with Crippen LogP contribution in [0, 0.1) is 5.82 Å². The van der Waals surface area contributed by atoms with Gasteiger partial charge >= 0.3 is 0 Å². The Labute approximate surface area is 139 Å². The highest BCUT2D eigenvalue weighted by molar-refractivity contribution is 5.88. The van der Waals surface area contributed by atoms with Crippen molar-refractivity contribution in [3.8, 4) is 5.75 Å². The van der Waals surface area contributed by atoms with Crippen molar-refractivity contribution in [1.29, 1.82) is 0 Å². The average Bonchev–Trinajstić information content (AvgIpc) is 2.60. The number of hydrogen-bond donors (Lipinski definition) is 1. The number of fused-ring (bicyclic) bond motifs is 1. The van der Waals surface area contributed by atoms with E-state index < -0.39 is 5.91 Å². The molecule has 1 aromatic carbocycles. The number of nitrogens with zero attached hydrogens (tertiary/aromatic N) is 3. The number of nitrogens with two attached hydrogens (primary N) is 1. The Hall–Kier alpha value is -2.70. The van der Waals surface area contributed by atoms with Crippen molar-refractivity contribution in [2.24, 2.45) is 5.73 Å². The van der Waals surface area contributed by atoms with Crippen molar-refractivity contribution < 1.29 is 13.9 Å². The van der Waals surface area contributed by atoms with E-state index in [1.807, 2.05) is 6.92 Å². The second kappa shape index (κ2) is 6.43. The van der Waals surface area contributed by atoms with Gasteiger partial charge in [-0.1, -0.05) is 6.92 Å². The molecule has 2 aromatic rings. The molecule has 0 saturated heterocycles. The number of amides is 1. The van der Waals surface area contributed by atoms with E-state index in [1.54, 1.807) is 24.5 Å². The second-order valence-electron chi connectivity index (χ2n) is 5.68. The summed E-state index contributed by atoms with van der Waals surface area (Å²) < 4.78 is 19.2. The summed E-state index contributed by atoms with van der Waals surface area (Å²) in [5.41, 5.74) is 7.99. The van der Waals surface area contributed by atoms with Gasteiger partial charge in [0.25, 0.3) is 5.91 Å². The monoisotopic (exact) mass is 330 g/mol. The van der Waals surface area contributed by atoms with Gasteiger partial charge in [-0.15, -0.1) is 0 Å². The molecule has 0 fully saturated rings. The molecular formula is C17H19FN4O2. The molecule has 1 aromatic heterocycles. The zero-order valence-corrected chi connectivity index (χ0v) is 13.6. The quantitative estimate of drug-likeness (QED) is 0.930. The van der Waals surface area contributed by atoms with Crippen LogP contribution < -0.4 is 15.4 Å². The minimum absolute atomic E-state index is 0.0113. The van der Waals surface area contributed by atoms with Gasteiger partial charge in [-0.3, -0.25) is 4.79 Å². The van der Waals surface area contributed by atoms with E-state index in [4.69, 9.17) is 10.5 Å². The number of anilines is 1. The van der Waals surface area contributed by atoms with Gasteiger partial charge < -0.3 is 15.4 Å².